The summed E-state index contributed by atoms with van der Waals surface area (Å²) in [6.07, 6.45) is 0. The molecule has 0 saturated heterocycles. The summed E-state index contributed by atoms with van der Waals surface area (Å²) in [6.45, 7) is 0.0822. The molecule has 1 aromatic heterocycles. The maximum absolute atomic E-state index is 12.5. The van der Waals surface area contributed by atoms with Gasteiger partial charge in [0.05, 0.1) is 34.4 Å². The molecule has 0 atom stereocenters. The van der Waals surface area contributed by atoms with E-state index in [9.17, 15) is 4.79 Å². The second-order valence-corrected chi connectivity index (χ2v) is 10.0. The Morgan fingerprint density at radius 2 is 1.81 bits per heavy atom. The number of methoxy groups -OCH3 is 1. The summed E-state index contributed by atoms with van der Waals surface area (Å²) in [6, 6.07) is 17.3. The van der Waals surface area contributed by atoms with Crippen LogP contribution in [0.15, 0.2) is 65.8 Å². The number of nitrogens with one attached hydrogen (secondary N) is 2. The van der Waals surface area contributed by atoms with Crippen LogP contribution in [-0.4, -0.2) is 27.9 Å². The van der Waals surface area contributed by atoms with E-state index in [1.807, 2.05) is 24.3 Å². The van der Waals surface area contributed by atoms with Gasteiger partial charge in [0, 0.05) is 16.5 Å². The second-order valence-electron chi connectivity index (χ2n) is 7.41. The van der Waals surface area contributed by atoms with Crippen LogP contribution < -0.4 is 15.4 Å². The smallest absolute Gasteiger partial charge is 0.319 e. The monoisotopic (exact) mass is 581 g/mol. The number of nitrogens with zero attached hydrogens (tertiary/aromatic N) is 3. The molecule has 0 spiro atoms. The first-order valence-corrected chi connectivity index (χ1v) is 13.0. The van der Waals surface area contributed by atoms with E-state index in [-0.39, 0.29) is 6.54 Å². The van der Waals surface area contributed by atoms with Gasteiger partial charge in [-0.05, 0) is 54.1 Å². The summed E-state index contributed by atoms with van der Waals surface area (Å²) in [7, 11) is 1.63. The minimum absolute atomic E-state index is 0.0822. The molecule has 2 amide bonds. The number of aromatic nitrogens is 3. The second kappa shape index (κ2) is 12.1. The molecule has 0 radical (unpaired) electrons. The van der Waals surface area contributed by atoms with Crippen LogP contribution in [0.5, 0.6) is 5.75 Å². The van der Waals surface area contributed by atoms with Crippen LogP contribution in [0.25, 0.3) is 5.69 Å². The minimum atomic E-state index is -0.448. The molecule has 3 aromatic carbocycles. The summed E-state index contributed by atoms with van der Waals surface area (Å²) >= 11 is 26.0. The summed E-state index contributed by atoms with van der Waals surface area (Å²) in [5.74, 6) is 1.87. The first kappa shape index (κ1) is 26.4. The third-order valence-corrected chi connectivity index (χ3v) is 7.21. The molecule has 36 heavy (non-hydrogen) atoms. The Balaban J connectivity index is 1.54. The lowest BCUT2D eigenvalue weighted by molar-refractivity contribution is 0.251. The van der Waals surface area contributed by atoms with Crippen molar-refractivity contribution in [1.82, 2.24) is 20.1 Å². The van der Waals surface area contributed by atoms with Crippen LogP contribution in [0.2, 0.25) is 20.1 Å². The van der Waals surface area contributed by atoms with Crippen molar-refractivity contribution in [3.8, 4) is 11.4 Å². The Morgan fingerprint density at radius 3 is 2.56 bits per heavy atom. The average molecular weight is 583 g/mol. The molecule has 0 saturated carbocycles. The lowest BCUT2D eigenvalue weighted by Gasteiger charge is -2.13. The van der Waals surface area contributed by atoms with Crippen molar-refractivity contribution < 1.29 is 9.53 Å². The summed E-state index contributed by atoms with van der Waals surface area (Å²) in [4.78, 5) is 12.5. The molecule has 0 aliphatic carbocycles. The molecule has 4 aromatic rings. The van der Waals surface area contributed by atoms with E-state index in [0.29, 0.717) is 48.2 Å². The molecule has 0 aliphatic rings. The number of hydrogen-bond donors (Lipinski definition) is 2. The Morgan fingerprint density at radius 1 is 0.972 bits per heavy atom. The number of halogens is 4. The highest BCUT2D eigenvalue weighted by Crippen LogP contribution is 2.31. The van der Waals surface area contributed by atoms with Crippen molar-refractivity contribution in [1.29, 1.82) is 0 Å². The number of urea groups is 1. The number of anilines is 1. The van der Waals surface area contributed by atoms with Crippen LogP contribution in [0, 0.1) is 0 Å². The maximum atomic E-state index is 12.5. The third kappa shape index (κ3) is 6.57. The van der Waals surface area contributed by atoms with E-state index in [1.165, 1.54) is 11.8 Å². The van der Waals surface area contributed by atoms with Crippen molar-refractivity contribution in [2.45, 2.75) is 17.5 Å². The zero-order valence-electron chi connectivity index (χ0n) is 18.8. The number of carbonyl (C=O) groups excluding carboxylic acids is 1. The minimum Gasteiger partial charge on any atom is -0.497 e. The SMILES string of the molecule is COc1cccc(CSc2nnc(CNC(=O)Nc3ccc(Cl)c(Cl)c3)n2-c2ccc(Cl)cc2Cl)c1. The van der Waals surface area contributed by atoms with E-state index in [4.69, 9.17) is 51.1 Å². The van der Waals surface area contributed by atoms with Crippen LogP contribution in [-0.2, 0) is 12.3 Å². The van der Waals surface area contributed by atoms with Gasteiger partial charge in [-0.1, -0.05) is 70.3 Å². The van der Waals surface area contributed by atoms with Crippen molar-refractivity contribution in [2.24, 2.45) is 0 Å². The molecular weight excluding hydrogens is 564 g/mol. The highest BCUT2D eigenvalue weighted by molar-refractivity contribution is 7.98. The largest absolute Gasteiger partial charge is 0.497 e. The average Bonchev–Trinajstić information content (AvgIpc) is 3.26. The quantitative estimate of drug-likeness (QED) is 0.210. The number of ether oxygens (including phenoxy) is 1. The van der Waals surface area contributed by atoms with Crippen molar-refractivity contribution >= 4 is 69.9 Å². The van der Waals surface area contributed by atoms with Crippen LogP contribution in [0.3, 0.4) is 0 Å². The highest BCUT2D eigenvalue weighted by Gasteiger charge is 2.18. The maximum Gasteiger partial charge on any atom is 0.319 e. The number of rotatable bonds is 8. The normalized spacial score (nSPS) is 10.8. The number of hydrogen-bond acceptors (Lipinski definition) is 5. The first-order valence-electron chi connectivity index (χ1n) is 10.5. The molecule has 12 heteroatoms. The number of amides is 2. The van der Waals surface area contributed by atoms with Crippen LogP contribution in [0.1, 0.15) is 11.4 Å². The number of benzene rings is 3. The van der Waals surface area contributed by atoms with Gasteiger partial charge < -0.3 is 15.4 Å². The molecular formula is C24H19Cl4N5O2S. The Labute approximate surface area is 232 Å². The topological polar surface area (TPSA) is 81.1 Å². The van der Waals surface area contributed by atoms with E-state index < -0.39 is 6.03 Å². The fourth-order valence-electron chi connectivity index (χ4n) is 3.23. The predicted molar refractivity (Wildman–Crippen MR) is 146 cm³/mol. The predicted octanol–water partition coefficient (Wildman–Crippen LogP) is 7.50. The van der Waals surface area contributed by atoms with Gasteiger partial charge in [-0.25, -0.2) is 4.79 Å². The number of carbonyl (C=O) groups is 1. The first-order chi connectivity index (χ1) is 17.3. The van der Waals surface area contributed by atoms with Gasteiger partial charge in [0.15, 0.2) is 11.0 Å². The molecule has 0 fully saturated rings. The molecule has 2 N–H and O–H groups in total. The van der Waals surface area contributed by atoms with Gasteiger partial charge >= 0.3 is 6.03 Å². The molecule has 4 rings (SSSR count). The standard InChI is InChI=1S/C24H19Cl4N5O2S/c1-35-17-4-2-3-14(9-17)13-36-24-32-31-22(33(24)21-8-5-15(25)10-20(21)28)12-29-23(34)30-16-6-7-18(26)19(27)11-16/h2-11H,12-13H2,1H3,(H2,29,30,34). The molecule has 186 valence electrons. The van der Waals surface area contributed by atoms with Gasteiger partial charge in [-0.2, -0.15) is 0 Å². The third-order valence-electron chi connectivity index (χ3n) is 4.94. The lowest BCUT2D eigenvalue weighted by Crippen LogP contribution is -2.29. The van der Waals surface area contributed by atoms with E-state index in [0.717, 1.165) is 11.3 Å². The van der Waals surface area contributed by atoms with Crippen LogP contribution >= 0.6 is 58.2 Å². The molecule has 1 heterocycles. The molecule has 0 unspecified atom stereocenters. The number of thioether (sulfide) groups is 1. The van der Waals surface area contributed by atoms with Crippen molar-refractivity contribution in [3.05, 3.63) is 92.1 Å². The van der Waals surface area contributed by atoms with E-state index in [2.05, 4.69) is 20.8 Å². The fraction of sp³-hybridized carbons (Fsp3) is 0.125. The van der Waals surface area contributed by atoms with Gasteiger partial charge in [0.2, 0.25) is 0 Å². The molecule has 7 nitrogen and oxygen atoms in total. The van der Waals surface area contributed by atoms with Crippen molar-refractivity contribution in [3.63, 3.8) is 0 Å². The highest BCUT2D eigenvalue weighted by atomic mass is 35.5. The van der Waals surface area contributed by atoms with Gasteiger partial charge in [-0.15, -0.1) is 10.2 Å². The summed E-state index contributed by atoms with van der Waals surface area (Å²) in [5.41, 5.74) is 2.19. The lowest BCUT2D eigenvalue weighted by atomic mass is 10.2. The van der Waals surface area contributed by atoms with Gasteiger partial charge in [0.25, 0.3) is 0 Å². The molecule has 0 bridgehead atoms. The fourth-order valence-corrected chi connectivity index (χ4v) is 4.93. The van der Waals surface area contributed by atoms with E-state index in [1.54, 1.807) is 48.1 Å². The Bertz CT molecular complexity index is 1400. The van der Waals surface area contributed by atoms with Crippen LogP contribution in [0.4, 0.5) is 10.5 Å². The zero-order valence-corrected chi connectivity index (χ0v) is 22.6. The Hall–Kier alpha value is -2.62. The van der Waals surface area contributed by atoms with Gasteiger partial charge in [0.1, 0.15) is 5.75 Å². The summed E-state index contributed by atoms with van der Waals surface area (Å²) < 4.78 is 7.10. The summed E-state index contributed by atoms with van der Waals surface area (Å²) in [5, 5.41) is 16.4. The van der Waals surface area contributed by atoms with Gasteiger partial charge in [-0.3, -0.25) is 4.57 Å². The molecule has 0 aliphatic heterocycles. The van der Waals surface area contributed by atoms with E-state index >= 15 is 0 Å². The Kier molecular flexibility index (Phi) is 8.87. The van der Waals surface area contributed by atoms with Crippen molar-refractivity contribution in [2.75, 3.05) is 12.4 Å². The zero-order chi connectivity index (χ0) is 25.7.